The first-order valence-corrected chi connectivity index (χ1v) is 11.1. The first-order valence-electron chi connectivity index (χ1n) is 11.1. The van der Waals surface area contributed by atoms with Gasteiger partial charge in [-0.3, -0.25) is 4.79 Å². The lowest BCUT2D eigenvalue weighted by molar-refractivity contribution is -0.181. The normalized spacial score (nSPS) is 42.8. The van der Waals surface area contributed by atoms with Crippen LogP contribution in [0.2, 0.25) is 0 Å². The third-order valence-electron chi connectivity index (χ3n) is 7.25. The Balaban J connectivity index is 2.03. The van der Waals surface area contributed by atoms with E-state index in [1.807, 2.05) is 6.92 Å². The number of aliphatic hydroxyl groups excluding tert-OH is 1. The van der Waals surface area contributed by atoms with Crippen LogP contribution in [0.1, 0.15) is 73.1 Å². The number of rotatable bonds is 4. The van der Waals surface area contributed by atoms with E-state index in [1.165, 1.54) is 5.57 Å². The highest BCUT2D eigenvalue weighted by Gasteiger charge is 2.59. The van der Waals surface area contributed by atoms with Gasteiger partial charge >= 0.3 is 5.97 Å². The average Bonchev–Trinajstić information content (AvgIpc) is 2.99. The Kier molecular flexibility index (Phi) is 6.41. The van der Waals surface area contributed by atoms with Gasteiger partial charge in [0.2, 0.25) is 0 Å². The minimum Gasteiger partial charge on any atom is -0.457 e. The fourth-order valence-electron chi connectivity index (χ4n) is 5.78. The highest BCUT2D eigenvalue weighted by Crippen LogP contribution is 2.55. The second kappa shape index (κ2) is 8.31. The zero-order valence-electron chi connectivity index (χ0n) is 18.2. The van der Waals surface area contributed by atoms with Gasteiger partial charge in [-0.1, -0.05) is 39.0 Å². The molecule has 4 heteroatoms. The van der Waals surface area contributed by atoms with Crippen LogP contribution in [0, 0.1) is 23.7 Å². The molecule has 1 aliphatic carbocycles. The molecule has 2 aliphatic heterocycles. The van der Waals surface area contributed by atoms with Gasteiger partial charge in [-0.2, -0.15) is 0 Å². The van der Waals surface area contributed by atoms with E-state index in [2.05, 4.69) is 40.3 Å². The second-order valence-electron chi connectivity index (χ2n) is 9.76. The molecule has 3 aliphatic rings. The van der Waals surface area contributed by atoms with Crippen molar-refractivity contribution in [1.29, 1.82) is 0 Å². The van der Waals surface area contributed by atoms with Gasteiger partial charge in [0.15, 0.2) is 0 Å². The van der Waals surface area contributed by atoms with Crippen molar-refractivity contribution in [3.8, 4) is 0 Å². The van der Waals surface area contributed by atoms with Crippen LogP contribution in [0.3, 0.4) is 0 Å². The average molecular weight is 391 g/mol. The second-order valence-corrected chi connectivity index (χ2v) is 9.76. The van der Waals surface area contributed by atoms with E-state index in [-0.39, 0.29) is 30.0 Å². The molecule has 0 amide bonds. The van der Waals surface area contributed by atoms with Crippen molar-refractivity contribution >= 4 is 5.97 Å². The largest absolute Gasteiger partial charge is 0.457 e. The first-order chi connectivity index (χ1) is 13.2. The van der Waals surface area contributed by atoms with Crippen molar-refractivity contribution in [2.75, 3.05) is 0 Å². The highest BCUT2D eigenvalue weighted by molar-refractivity contribution is 5.69. The Labute approximate surface area is 170 Å². The van der Waals surface area contributed by atoms with Crippen molar-refractivity contribution in [3.05, 3.63) is 23.8 Å². The lowest BCUT2D eigenvalue weighted by Gasteiger charge is -2.46. The van der Waals surface area contributed by atoms with Gasteiger partial charge in [0, 0.05) is 18.3 Å². The monoisotopic (exact) mass is 390 g/mol. The van der Waals surface area contributed by atoms with E-state index in [0.717, 1.165) is 37.7 Å². The van der Waals surface area contributed by atoms with Crippen LogP contribution in [0.4, 0.5) is 0 Å². The van der Waals surface area contributed by atoms with E-state index >= 15 is 0 Å². The maximum atomic E-state index is 12.5. The van der Waals surface area contributed by atoms with Crippen molar-refractivity contribution in [2.45, 2.75) is 97.1 Å². The molecule has 0 aromatic rings. The Morgan fingerprint density at radius 1 is 1.46 bits per heavy atom. The maximum absolute atomic E-state index is 12.5. The Morgan fingerprint density at radius 3 is 2.82 bits per heavy atom. The van der Waals surface area contributed by atoms with Gasteiger partial charge in [-0.15, -0.1) is 0 Å². The Morgan fingerprint density at radius 2 is 2.18 bits per heavy atom. The summed E-state index contributed by atoms with van der Waals surface area (Å²) >= 11 is 0. The quantitative estimate of drug-likeness (QED) is 0.553. The number of hydrogen-bond donors (Lipinski definition) is 1. The lowest BCUT2D eigenvalue weighted by Crippen LogP contribution is -2.52. The van der Waals surface area contributed by atoms with E-state index in [1.54, 1.807) is 0 Å². The number of ether oxygens (including phenoxy) is 2. The van der Waals surface area contributed by atoms with Crippen LogP contribution in [0.5, 0.6) is 0 Å². The molecule has 1 saturated carbocycles. The van der Waals surface area contributed by atoms with Crippen LogP contribution in [0.25, 0.3) is 0 Å². The van der Waals surface area contributed by atoms with Gasteiger partial charge in [0.25, 0.3) is 0 Å². The summed E-state index contributed by atoms with van der Waals surface area (Å²) < 4.78 is 12.8. The number of carbonyl (C=O) groups excluding carboxylic acids is 1. The number of allylic oxidation sites excluding steroid dienone is 1. The minimum atomic E-state index is -0.652. The number of hydrogen-bond acceptors (Lipinski definition) is 4. The van der Waals surface area contributed by atoms with Crippen molar-refractivity contribution < 1.29 is 19.4 Å². The predicted octanol–water partition coefficient (Wildman–Crippen LogP) is 4.81. The first kappa shape index (κ1) is 21.6. The minimum absolute atomic E-state index is 0.00254. The molecule has 2 bridgehead atoms. The van der Waals surface area contributed by atoms with Gasteiger partial charge in [-0.25, -0.2) is 0 Å². The van der Waals surface area contributed by atoms with Gasteiger partial charge in [0.05, 0.1) is 12.2 Å². The van der Waals surface area contributed by atoms with Gasteiger partial charge in [0.1, 0.15) is 11.7 Å². The smallest absolute Gasteiger partial charge is 0.306 e. The zero-order valence-corrected chi connectivity index (χ0v) is 18.2. The summed E-state index contributed by atoms with van der Waals surface area (Å²) in [6, 6.07) is 0. The topological polar surface area (TPSA) is 55.8 Å². The summed E-state index contributed by atoms with van der Waals surface area (Å²) in [4.78, 5) is 12.5. The summed E-state index contributed by atoms with van der Waals surface area (Å²) in [7, 11) is 0. The molecule has 0 radical (unpaired) electrons. The molecule has 1 N–H and O–H groups in total. The molecule has 4 nitrogen and oxygen atoms in total. The third-order valence-corrected chi connectivity index (χ3v) is 7.25. The van der Waals surface area contributed by atoms with E-state index in [9.17, 15) is 9.90 Å². The summed E-state index contributed by atoms with van der Waals surface area (Å²) in [5, 5.41) is 10.7. The van der Waals surface area contributed by atoms with Crippen molar-refractivity contribution in [1.82, 2.24) is 0 Å². The molecule has 7 atom stereocenters. The fraction of sp³-hybridized carbons (Fsp3) is 0.792. The van der Waals surface area contributed by atoms with Crippen molar-refractivity contribution in [3.63, 3.8) is 0 Å². The molecule has 2 fully saturated rings. The fourth-order valence-corrected chi connectivity index (χ4v) is 5.78. The molecule has 28 heavy (non-hydrogen) atoms. The van der Waals surface area contributed by atoms with Crippen LogP contribution >= 0.6 is 0 Å². The number of carbonyl (C=O) groups is 1. The summed E-state index contributed by atoms with van der Waals surface area (Å²) in [5.41, 5.74) is 1.56. The SMILES string of the molecule is C=C1[C@H]2[C@@H]([C@@H](C(C)C)C[C@@H]1O)[C@H]1O[C@@H]2C/C(C)=C\CC[C@@]1(C)OC(=O)CCC. The summed E-state index contributed by atoms with van der Waals surface area (Å²) in [5.74, 6) is 0.964. The Hall–Kier alpha value is -1.13. The number of aliphatic hydroxyl groups is 1. The third kappa shape index (κ3) is 3.95. The van der Waals surface area contributed by atoms with E-state index in [4.69, 9.17) is 9.47 Å². The van der Waals surface area contributed by atoms with Crippen molar-refractivity contribution in [2.24, 2.45) is 23.7 Å². The highest BCUT2D eigenvalue weighted by atomic mass is 16.6. The molecule has 3 rings (SSSR count). The maximum Gasteiger partial charge on any atom is 0.306 e. The molecule has 2 heterocycles. The molecule has 0 spiro atoms. The molecular weight excluding hydrogens is 352 g/mol. The molecule has 1 saturated heterocycles. The number of fused-ring (bicyclic) bond motifs is 5. The van der Waals surface area contributed by atoms with Crippen LogP contribution in [0.15, 0.2) is 23.8 Å². The van der Waals surface area contributed by atoms with E-state index < -0.39 is 11.7 Å². The standard InChI is InChI=1S/C24H38O4/c1-7-9-20(26)28-24(6)11-8-10-15(4)12-19-21-16(5)18(25)13-17(14(2)3)22(21)23(24)27-19/h10,14,17-19,21-23,25H,5,7-9,11-13H2,1-4,6H3/b15-10-/t17-,18+,19-,21-,22-,23-,24-/m1/s1. The Bertz CT molecular complexity index is 637. The summed E-state index contributed by atoms with van der Waals surface area (Å²) in [6.07, 6.45) is 6.08. The zero-order chi connectivity index (χ0) is 20.6. The molecular formula is C24H38O4. The predicted molar refractivity (Wildman–Crippen MR) is 111 cm³/mol. The molecule has 0 aromatic heterocycles. The lowest BCUT2D eigenvalue weighted by atomic mass is 9.60. The molecule has 0 aromatic carbocycles. The molecule has 158 valence electrons. The van der Waals surface area contributed by atoms with Crippen LogP contribution in [-0.4, -0.2) is 35.0 Å². The van der Waals surface area contributed by atoms with Gasteiger partial charge in [-0.05, 0) is 63.4 Å². The van der Waals surface area contributed by atoms with E-state index in [0.29, 0.717) is 18.3 Å². The summed E-state index contributed by atoms with van der Waals surface area (Å²) in [6.45, 7) is 14.9. The van der Waals surface area contributed by atoms with Gasteiger partial charge < -0.3 is 14.6 Å². The molecule has 0 unspecified atom stereocenters. The number of esters is 1. The van der Waals surface area contributed by atoms with Crippen LogP contribution < -0.4 is 0 Å². The van der Waals surface area contributed by atoms with Crippen LogP contribution in [-0.2, 0) is 14.3 Å².